The molecule has 0 fully saturated rings. The Morgan fingerprint density at radius 3 is 2.03 bits per heavy atom. The number of aromatic nitrogens is 1. The Kier molecular flexibility index (Phi) is 4.70. The molecule has 2 heterocycles. The number of nitrogens with one attached hydrogen (secondary N) is 1. The van der Waals surface area contributed by atoms with E-state index in [1.807, 2.05) is 6.07 Å². The summed E-state index contributed by atoms with van der Waals surface area (Å²) in [6.07, 6.45) is 0. The van der Waals surface area contributed by atoms with E-state index < -0.39 is 0 Å². The molecular weight excluding hydrogens is 374 g/mol. The number of thioether (sulfide) groups is 1. The van der Waals surface area contributed by atoms with Crippen LogP contribution in [0.25, 0.3) is 16.9 Å². The van der Waals surface area contributed by atoms with E-state index in [1.165, 1.54) is 28.2 Å². The minimum Gasteiger partial charge on any atom is -0.314 e. The molecule has 0 spiro atoms. The van der Waals surface area contributed by atoms with E-state index in [4.69, 9.17) is 0 Å². The molecular formula is C25H21N3S. The highest BCUT2D eigenvalue weighted by atomic mass is 32.2. The largest absolute Gasteiger partial charge is 0.314 e. The first-order valence-electron chi connectivity index (χ1n) is 9.69. The van der Waals surface area contributed by atoms with Crippen molar-refractivity contribution >= 4 is 16.8 Å². The third-order valence-corrected chi connectivity index (χ3v) is 6.33. The molecule has 0 radical (unpaired) electrons. The van der Waals surface area contributed by atoms with E-state index in [9.17, 15) is 0 Å². The normalized spacial score (nSPS) is 15.8. The summed E-state index contributed by atoms with van der Waals surface area (Å²) in [5.41, 5.74) is 10.5. The standard InChI is InChI=1S/C25H21N3S/c1-18-22(25-27-26-24(29-25)20-13-7-3-8-14-20)17-23(19-11-5-2-6-12-19)28(18)21-15-9-4-10-16-21/h2-17,25,27H,1H3/t25-/m1/s1. The second-order valence-corrected chi connectivity index (χ2v) is 8.11. The highest BCUT2D eigenvalue weighted by Gasteiger charge is 2.27. The number of benzene rings is 3. The summed E-state index contributed by atoms with van der Waals surface area (Å²) < 4.78 is 2.34. The van der Waals surface area contributed by atoms with Gasteiger partial charge in [0.15, 0.2) is 0 Å². The molecule has 1 aliphatic rings. The fraction of sp³-hybridized carbons (Fsp3) is 0.0800. The molecule has 3 nitrogen and oxygen atoms in total. The molecule has 5 rings (SSSR count). The minimum atomic E-state index is 0.0950. The van der Waals surface area contributed by atoms with E-state index in [-0.39, 0.29) is 5.37 Å². The van der Waals surface area contributed by atoms with Crippen LogP contribution in [0.2, 0.25) is 0 Å². The Labute approximate surface area is 175 Å². The molecule has 0 amide bonds. The zero-order valence-corrected chi connectivity index (χ0v) is 16.9. The molecule has 4 heteroatoms. The van der Waals surface area contributed by atoms with Gasteiger partial charge in [0, 0.05) is 22.5 Å². The summed E-state index contributed by atoms with van der Waals surface area (Å²) in [5, 5.41) is 5.74. The van der Waals surface area contributed by atoms with Gasteiger partial charge in [0.2, 0.25) is 0 Å². The number of para-hydroxylation sites is 1. The Hall–Kier alpha value is -3.24. The molecule has 1 aliphatic heterocycles. The van der Waals surface area contributed by atoms with E-state index in [0.29, 0.717) is 0 Å². The maximum atomic E-state index is 4.61. The van der Waals surface area contributed by atoms with Crippen LogP contribution in [0.15, 0.2) is 102 Å². The van der Waals surface area contributed by atoms with Gasteiger partial charge in [-0.2, -0.15) is 5.10 Å². The third-order valence-electron chi connectivity index (χ3n) is 5.19. The molecule has 3 aromatic carbocycles. The summed E-state index contributed by atoms with van der Waals surface area (Å²) in [5.74, 6) is 0. The fourth-order valence-corrected chi connectivity index (χ4v) is 4.82. The Morgan fingerprint density at radius 1 is 0.793 bits per heavy atom. The molecule has 0 unspecified atom stereocenters. The molecule has 0 saturated carbocycles. The van der Waals surface area contributed by atoms with Gasteiger partial charge < -0.3 is 4.57 Å². The lowest BCUT2D eigenvalue weighted by atomic mass is 10.1. The van der Waals surface area contributed by atoms with Gasteiger partial charge in [0.25, 0.3) is 0 Å². The zero-order valence-electron chi connectivity index (χ0n) is 16.1. The van der Waals surface area contributed by atoms with E-state index in [0.717, 1.165) is 10.6 Å². The van der Waals surface area contributed by atoms with Crippen LogP contribution in [0.4, 0.5) is 0 Å². The maximum absolute atomic E-state index is 4.61. The molecule has 142 valence electrons. The number of hydrogen-bond donors (Lipinski definition) is 1. The van der Waals surface area contributed by atoms with Gasteiger partial charge in [-0.25, -0.2) is 0 Å². The zero-order chi connectivity index (χ0) is 19.6. The van der Waals surface area contributed by atoms with Crippen LogP contribution in [0.3, 0.4) is 0 Å². The van der Waals surface area contributed by atoms with Crippen molar-refractivity contribution in [1.29, 1.82) is 0 Å². The quantitative estimate of drug-likeness (QED) is 0.449. The van der Waals surface area contributed by atoms with Gasteiger partial charge >= 0.3 is 0 Å². The molecule has 0 saturated heterocycles. The topological polar surface area (TPSA) is 29.3 Å². The summed E-state index contributed by atoms with van der Waals surface area (Å²) in [4.78, 5) is 0. The lowest BCUT2D eigenvalue weighted by Gasteiger charge is -2.13. The predicted molar refractivity (Wildman–Crippen MR) is 122 cm³/mol. The number of rotatable bonds is 4. The van der Waals surface area contributed by atoms with Gasteiger partial charge in [-0.15, -0.1) is 0 Å². The van der Waals surface area contributed by atoms with Gasteiger partial charge in [-0.3, -0.25) is 5.43 Å². The summed E-state index contributed by atoms with van der Waals surface area (Å²) >= 11 is 1.77. The lowest BCUT2D eigenvalue weighted by molar-refractivity contribution is 0.737. The molecule has 0 aliphatic carbocycles. The Morgan fingerprint density at radius 2 is 1.38 bits per heavy atom. The SMILES string of the molecule is Cc1c([C@@H]2NN=C(c3ccccc3)S2)cc(-c2ccccc2)n1-c1ccccc1. The van der Waals surface area contributed by atoms with Crippen molar-refractivity contribution in [3.8, 4) is 16.9 Å². The second kappa shape index (κ2) is 7.64. The lowest BCUT2D eigenvalue weighted by Crippen LogP contribution is -2.08. The van der Waals surface area contributed by atoms with Gasteiger partial charge in [0.1, 0.15) is 10.4 Å². The molecule has 1 N–H and O–H groups in total. The van der Waals surface area contributed by atoms with E-state index in [2.05, 4.69) is 113 Å². The van der Waals surface area contributed by atoms with Crippen molar-refractivity contribution in [3.63, 3.8) is 0 Å². The summed E-state index contributed by atoms with van der Waals surface area (Å²) in [6.45, 7) is 2.19. The first kappa shape index (κ1) is 17.8. The second-order valence-electron chi connectivity index (χ2n) is 7.02. The van der Waals surface area contributed by atoms with Gasteiger partial charge in [-0.1, -0.05) is 90.6 Å². The number of nitrogens with zero attached hydrogens (tertiary/aromatic N) is 2. The van der Waals surface area contributed by atoms with Crippen molar-refractivity contribution in [2.75, 3.05) is 0 Å². The molecule has 29 heavy (non-hydrogen) atoms. The molecule has 1 atom stereocenters. The van der Waals surface area contributed by atoms with Crippen molar-refractivity contribution in [2.24, 2.45) is 5.10 Å². The van der Waals surface area contributed by atoms with Crippen molar-refractivity contribution in [3.05, 3.63) is 114 Å². The van der Waals surface area contributed by atoms with Crippen LogP contribution in [0.5, 0.6) is 0 Å². The highest BCUT2D eigenvalue weighted by molar-refractivity contribution is 8.14. The number of hydrogen-bond acceptors (Lipinski definition) is 3. The summed E-state index contributed by atoms with van der Waals surface area (Å²) in [6, 6.07) is 33.8. The van der Waals surface area contributed by atoms with Crippen LogP contribution in [0, 0.1) is 6.92 Å². The first-order valence-corrected chi connectivity index (χ1v) is 10.6. The highest BCUT2D eigenvalue weighted by Crippen LogP contribution is 2.40. The van der Waals surface area contributed by atoms with Crippen molar-refractivity contribution in [2.45, 2.75) is 12.3 Å². The smallest absolute Gasteiger partial charge is 0.126 e. The van der Waals surface area contributed by atoms with Crippen LogP contribution >= 0.6 is 11.8 Å². The Bertz CT molecular complexity index is 1150. The number of hydrazone groups is 1. The van der Waals surface area contributed by atoms with Crippen LogP contribution in [-0.2, 0) is 0 Å². The average molecular weight is 396 g/mol. The molecule has 1 aromatic heterocycles. The fourth-order valence-electron chi connectivity index (χ4n) is 3.75. The first-order chi connectivity index (χ1) is 14.3. The predicted octanol–water partition coefficient (Wildman–Crippen LogP) is 6.15. The van der Waals surface area contributed by atoms with Crippen molar-refractivity contribution < 1.29 is 0 Å². The summed E-state index contributed by atoms with van der Waals surface area (Å²) in [7, 11) is 0. The molecule has 4 aromatic rings. The maximum Gasteiger partial charge on any atom is 0.126 e. The van der Waals surface area contributed by atoms with Gasteiger partial charge in [0.05, 0.1) is 5.69 Å². The van der Waals surface area contributed by atoms with Crippen LogP contribution in [0.1, 0.15) is 22.2 Å². The minimum absolute atomic E-state index is 0.0950. The van der Waals surface area contributed by atoms with Crippen LogP contribution in [-0.4, -0.2) is 9.61 Å². The third kappa shape index (κ3) is 3.36. The van der Waals surface area contributed by atoms with E-state index >= 15 is 0 Å². The molecule has 0 bridgehead atoms. The van der Waals surface area contributed by atoms with Crippen LogP contribution < -0.4 is 5.43 Å². The average Bonchev–Trinajstić information content (AvgIpc) is 3.40. The Balaban J connectivity index is 1.56. The van der Waals surface area contributed by atoms with E-state index in [1.54, 1.807) is 11.8 Å². The van der Waals surface area contributed by atoms with Gasteiger partial charge in [-0.05, 0) is 30.7 Å². The van der Waals surface area contributed by atoms with Crippen molar-refractivity contribution in [1.82, 2.24) is 9.99 Å². The monoisotopic (exact) mass is 395 g/mol.